The minimum absolute atomic E-state index is 0.0754. The molecule has 0 spiro atoms. The lowest BCUT2D eigenvalue weighted by Crippen LogP contribution is -2.13. The van der Waals surface area contributed by atoms with Gasteiger partial charge in [0.2, 0.25) is 0 Å². The molecule has 0 bridgehead atoms. The molecule has 0 radical (unpaired) electrons. The summed E-state index contributed by atoms with van der Waals surface area (Å²) in [4.78, 5) is 10.4. The topological polar surface area (TPSA) is 81.0 Å². The smallest absolute Gasteiger partial charge is 0.270 e. The maximum atomic E-state index is 10.8. The highest BCUT2D eigenvalue weighted by atomic mass is 32.1. The Hall–Kier alpha value is -1.86. The quantitative estimate of drug-likeness (QED) is 0.503. The molecule has 0 saturated carbocycles. The van der Waals surface area contributed by atoms with E-state index in [4.69, 9.17) is 0 Å². The van der Waals surface area contributed by atoms with Gasteiger partial charge in [0.15, 0.2) is 0 Å². The average molecular weight is 292 g/mol. The van der Waals surface area contributed by atoms with Gasteiger partial charge in [0.25, 0.3) is 5.69 Å². The van der Waals surface area contributed by atoms with E-state index >= 15 is 0 Å². The fourth-order valence-electron chi connectivity index (χ4n) is 1.76. The van der Waals surface area contributed by atoms with E-state index in [1.165, 1.54) is 17.4 Å². The van der Waals surface area contributed by atoms with Crippen LogP contribution in [-0.2, 0) is 6.54 Å². The lowest BCUT2D eigenvalue weighted by atomic mass is 10.1. The van der Waals surface area contributed by atoms with Gasteiger partial charge in [-0.15, -0.1) is 10.2 Å². The zero-order chi connectivity index (χ0) is 14.5. The normalized spacial score (nSPS) is 10.7. The van der Waals surface area contributed by atoms with Crippen LogP contribution in [0.2, 0.25) is 0 Å². The Balaban J connectivity index is 2.23. The van der Waals surface area contributed by atoms with Gasteiger partial charge in [-0.05, 0) is 25.5 Å². The predicted molar refractivity (Wildman–Crippen MR) is 78.7 cm³/mol. The van der Waals surface area contributed by atoms with E-state index in [0.29, 0.717) is 6.54 Å². The number of rotatable bonds is 6. The standard InChI is InChI=1S/C13H16N4O2S/c1-3-6-14-8-12-15-16-13(20-12)11-7-10(17(18)19)5-4-9(11)2/h4-5,7,14H,3,6,8H2,1-2H3. The number of aromatic nitrogens is 2. The molecular formula is C13H16N4O2S. The summed E-state index contributed by atoms with van der Waals surface area (Å²) >= 11 is 1.46. The van der Waals surface area contributed by atoms with Gasteiger partial charge >= 0.3 is 0 Å². The van der Waals surface area contributed by atoms with Crippen molar-refractivity contribution in [3.63, 3.8) is 0 Å². The first-order valence-electron chi connectivity index (χ1n) is 6.40. The first-order chi connectivity index (χ1) is 9.61. The Morgan fingerprint density at radius 1 is 1.40 bits per heavy atom. The van der Waals surface area contributed by atoms with Crippen molar-refractivity contribution in [2.24, 2.45) is 0 Å². The van der Waals surface area contributed by atoms with Crippen molar-refractivity contribution in [2.75, 3.05) is 6.54 Å². The molecule has 7 heteroatoms. The maximum absolute atomic E-state index is 10.8. The van der Waals surface area contributed by atoms with Gasteiger partial charge in [-0.1, -0.05) is 24.3 Å². The van der Waals surface area contributed by atoms with E-state index < -0.39 is 4.92 Å². The van der Waals surface area contributed by atoms with Crippen molar-refractivity contribution in [1.29, 1.82) is 0 Å². The number of hydrogen-bond acceptors (Lipinski definition) is 6. The Labute approximate surface area is 121 Å². The fourth-order valence-corrected chi connectivity index (χ4v) is 2.65. The first kappa shape index (κ1) is 14.5. The average Bonchev–Trinajstić information content (AvgIpc) is 2.88. The van der Waals surface area contributed by atoms with E-state index in [-0.39, 0.29) is 5.69 Å². The molecular weight excluding hydrogens is 276 g/mol. The summed E-state index contributed by atoms with van der Waals surface area (Å²) in [5.41, 5.74) is 1.81. The number of non-ortho nitro benzene ring substituents is 1. The molecule has 2 aromatic rings. The third-order valence-corrected chi connectivity index (χ3v) is 3.79. The number of nitrogens with one attached hydrogen (secondary N) is 1. The molecule has 0 unspecified atom stereocenters. The molecule has 0 saturated heterocycles. The van der Waals surface area contributed by atoms with Crippen molar-refractivity contribution < 1.29 is 4.92 Å². The van der Waals surface area contributed by atoms with Crippen LogP contribution in [0, 0.1) is 17.0 Å². The van der Waals surface area contributed by atoms with Crippen LogP contribution in [0.15, 0.2) is 18.2 Å². The number of nitrogens with zero attached hydrogens (tertiary/aromatic N) is 3. The van der Waals surface area contributed by atoms with Crippen LogP contribution in [0.4, 0.5) is 5.69 Å². The second-order valence-electron chi connectivity index (χ2n) is 4.43. The molecule has 0 aliphatic rings. The Morgan fingerprint density at radius 3 is 2.90 bits per heavy atom. The van der Waals surface area contributed by atoms with Crippen molar-refractivity contribution >= 4 is 17.0 Å². The van der Waals surface area contributed by atoms with E-state index in [2.05, 4.69) is 22.4 Å². The fraction of sp³-hybridized carbons (Fsp3) is 0.385. The van der Waals surface area contributed by atoms with Gasteiger partial charge in [0, 0.05) is 24.2 Å². The van der Waals surface area contributed by atoms with Crippen LogP contribution in [0.3, 0.4) is 0 Å². The van der Waals surface area contributed by atoms with Gasteiger partial charge in [0.05, 0.1) is 4.92 Å². The van der Waals surface area contributed by atoms with Crippen LogP contribution < -0.4 is 5.32 Å². The number of benzene rings is 1. The van der Waals surface area contributed by atoms with Crippen molar-refractivity contribution in [2.45, 2.75) is 26.8 Å². The zero-order valence-corrected chi connectivity index (χ0v) is 12.2. The Bertz CT molecular complexity index is 612. The highest BCUT2D eigenvalue weighted by molar-refractivity contribution is 7.14. The van der Waals surface area contributed by atoms with Crippen molar-refractivity contribution in [1.82, 2.24) is 15.5 Å². The minimum Gasteiger partial charge on any atom is -0.310 e. The molecule has 1 N–H and O–H groups in total. The van der Waals surface area contributed by atoms with Crippen molar-refractivity contribution in [3.05, 3.63) is 38.9 Å². The Kier molecular flexibility index (Phi) is 4.75. The third-order valence-electron chi connectivity index (χ3n) is 2.83. The van der Waals surface area contributed by atoms with Gasteiger partial charge in [-0.3, -0.25) is 10.1 Å². The summed E-state index contributed by atoms with van der Waals surface area (Å²) in [6.07, 6.45) is 1.07. The number of hydrogen-bond donors (Lipinski definition) is 1. The summed E-state index contributed by atoms with van der Waals surface area (Å²) < 4.78 is 0. The summed E-state index contributed by atoms with van der Waals surface area (Å²) in [5, 5.41) is 24.0. The van der Waals surface area contributed by atoms with Gasteiger partial charge in [0.1, 0.15) is 10.0 Å². The highest BCUT2D eigenvalue weighted by Crippen LogP contribution is 2.29. The molecule has 0 aliphatic heterocycles. The number of nitro groups is 1. The predicted octanol–water partition coefficient (Wildman–Crippen LogP) is 2.92. The largest absolute Gasteiger partial charge is 0.310 e. The van der Waals surface area contributed by atoms with Crippen LogP contribution in [0.25, 0.3) is 10.6 Å². The second kappa shape index (κ2) is 6.53. The number of aryl methyl sites for hydroxylation is 1. The summed E-state index contributed by atoms with van der Waals surface area (Å²) in [6.45, 7) is 5.63. The molecule has 0 fully saturated rings. The zero-order valence-electron chi connectivity index (χ0n) is 11.4. The van der Waals surface area contributed by atoms with E-state index in [9.17, 15) is 10.1 Å². The molecule has 1 aromatic heterocycles. The lowest BCUT2D eigenvalue weighted by molar-refractivity contribution is -0.384. The molecule has 2 rings (SSSR count). The first-order valence-corrected chi connectivity index (χ1v) is 7.22. The maximum Gasteiger partial charge on any atom is 0.270 e. The van der Waals surface area contributed by atoms with Crippen LogP contribution in [-0.4, -0.2) is 21.7 Å². The molecule has 0 aliphatic carbocycles. The second-order valence-corrected chi connectivity index (χ2v) is 5.50. The molecule has 20 heavy (non-hydrogen) atoms. The molecule has 0 atom stereocenters. The highest BCUT2D eigenvalue weighted by Gasteiger charge is 2.13. The van der Waals surface area contributed by atoms with Crippen LogP contribution in [0.5, 0.6) is 0 Å². The summed E-state index contributed by atoms with van der Waals surface area (Å²) in [6, 6.07) is 4.80. The number of nitro benzene ring substituents is 1. The van der Waals surface area contributed by atoms with Gasteiger partial charge in [-0.25, -0.2) is 0 Å². The van der Waals surface area contributed by atoms with Gasteiger partial charge in [-0.2, -0.15) is 0 Å². The summed E-state index contributed by atoms with van der Waals surface area (Å²) in [5.74, 6) is 0. The van der Waals surface area contributed by atoms with Crippen LogP contribution in [0.1, 0.15) is 23.9 Å². The third kappa shape index (κ3) is 3.37. The summed E-state index contributed by atoms with van der Waals surface area (Å²) in [7, 11) is 0. The molecule has 106 valence electrons. The van der Waals surface area contributed by atoms with E-state index in [1.807, 2.05) is 6.92 Å². The minimum atomic E-state index is -0.395. The molecule has 1 aromatic carbocycles. The monoisotopic (exact) mass is 292 g/mol. The molecule has 1 heterocycles. The SMILES string of the molecule is CCCNCc1nnc(-c2cc([N+](=O)[O-])ccc2C)s1. The lowest BCUT2D eigenvalue weighted by Gasteiger charge is -2.01. The van der Waals surface area contributed by atoms with Crippen molar-refractivity contribution in [3.8, 4) is 10.6 Å². The Morgan fingerprint density at radius 2 is 2.20 bits per heavy atom. The van der Waals surface area contributed by atoms with E-state index in [1.54, 1.807) is 12.1 Å². The van der Waals surface area contributed by atoms with Gasteiger partial charge < -0.3 is 5.32 Å². The van der Waals surface area contributed by atoms with E-state index in [0.717, 1.165) is 34.1 Å². The molecule has 0 amide bonds. The molecule has 6 nitrogen and oxygen atoms in total. The van der Waals surface area contributed by atoms with Crippen LogP contribution >= 0.6 is 11.3 Å².